The van der Waals surface area contributed by atoms with Crippen LogP contribution in [0.1, 0.15) is 11.1 Å². The molecule has 2 aliphatic rings. The standard InChI is InChI=1S/C28H26FN3O2S/c1-20-7-13-24(14-8-20)35-26-25(27(33)32(28(26)34)23-11-9-22(29)10-12-23)31-17-15-30(16-18-31)19-21-5-3-2-4-6-21/h2-14H,15-19H2,1H3/p+1. The first-order valence-corrected chi connectivity index (χ1v) is 12.6. The Morgan fingerprint density at radius 1 is 0.857 bits per heavy atom. The van der Waals surface area contributed by atoms with Gasteiger partial charge in [0, 0.05) is 10.5 Å². The van der Waals surface area contributed by atoms with Gasteiger partial charge in [0.05, 0.1) is 31.9 Å². The first-order valence-electron chi connectivity index (χ1n) is 11.7. The Kier molecular flexibility index (Phi) is 6.70. The van der Waals surface area contributed by atoms with Crippen LogP contribution in [0.3, 0.4) is 0 Å². The van der Waals surface area contributed by atoms with Crippen molar-refractivity contribution in [3.63, 3.8) is 0 Å². The molecule has 3 aromatic carbocycles. The summed E-state index contributed by atoms with van der Waals surface area (Å²) in [7, 11) is 0. The van der Waals surface area contributed by atoms with Crippen LogP contribution in [0.5, 0.6) is 0 Å². The first-order chi connectivity index (χ1) is 17.0. The second kappa shape index (κ2) is 10.1. The maximum Gasteiger partial charge on any atom is 0.283 e. The molecule has 0 aromatic heterocycles. The molecule has 1 N–H and O–H groups in total. The fraction of sp³-hybridized carbons (Fsp3) is 0.214. The number of hydrogen-bond donors (Lipinski definition) is 1. The molecule has 5 nitrogen and oxygen atoms in total. The number of rotatable bonds is 6. The molecule has 1 fully saturated rings. The molecule has 0 unspecified atom stereocenters. The van der Waals surface area contributed by atoms with Crippen LogP contribution < -0.4 is 9.80 Å². The first kappa shape index (κ1) is 23.3. The van der Waals surface area contributed by atoms with Crippen LogP contribution in [0.4, 0.5) is 10.1 Å². The fourth-order valence-electron chi connectivity index (χ4n) is 4.53. The van der Waals surface area contributed by atoms with E-state index in [1.807, 2.05) is 37.3 Å². The van der Waals surface area contributed by atoms with Crippen LogP contribution >= 0.6 is 11.8 Å². The van der Waals surface area contributed by atoms with Gasteiger partial charge in [-0.05, 0) is 43.3 Å². The molecule has 7 heteroatoms. The second-order valence-electron chi connectivity index (χ2n) is 8.91. The number of thioether (sulfide) groups is 1. The summed E-state index contributed by atoms with van der Waals surface area (Å²) in [6.07, 6.45) is 0. The Balaban J connectivity index is 1.40. The predicted octanol–water partition coefficient (Wildman–Crippen LogP) is 3.41. The number of anilines is 1. The molecule has 0 saturated carbocycles. The lowest BCUT2D eigenvalue weighted by atomic mass is 10.2. The number of hydrogen-bond acceptors (Lipinski definition) is 4. The van der Waals surface area contributed by atoms with E-state index in [0.717, 1.165) is 30.1 Å². The molecule has 2 amide bonds. The summed E-state index contributed by atoms with van der Waals surface area (Å²) in [4.78, 5) is 33.2. The summed E-state index contributed by atoms with van der Waals surface area (Å²) in [5.74, 6) is -1.11. The summed E-state index contributed by atoms with van der Waals surface area (Å²) < 4.78 is 13.5. The van der Waals surface area contributed by atoms with Crippen LogP contribution in [0.2, 0.25) is 0 Å². The van der Waals surface area contributed by atoms with Gasteiger partial charge in [-0.25, -0.2) is 9.29 Å². The zero-order valence-corrected chi connectivity index (χ0v) is 20.4. The highest BCUT2D eigenvalue weighted by atomic mass is 32.2. The monoisotopic (exact) mass is 488 g/mol. The van der Waals surface area contributed by atoms with E-state index >= 15 is 0 Å². The van der Waals surface area contributed by atoms with Gasteiger partial charge in [-0.15, -0.1) is 0 Å². The quantitative estimate of drug-likeness (QED) is 0.541. The number of amides is 2. The van der Waals surface area contributed by atoms with Gasteiger partial charge in [0.1, 0.15) is 23.0 Å². The van der Waals surface area contributed by atoms with Crippen LogP contribution in [-0.4, -0.2) is 42.9 Å². The Morgan fingerprint density at radius 3 is 2.17 bits per heavy atom. The Bertz CT molecular complexity index is 1250. The van der Waals surface area contributed by atoms with Crippen molar-refractivity contribution in [3.8, 4) is 0 Å². The normalized spacial score (nSPS) is 17.0. The number of piperazine rings is 1. The summed E-state index contributed by atoms with van der Waals surface area (Å²) in [6.45, 7) is 6.07. The number of nitrogens with one attached hydrogen (secondary N) is 1. The predicted molar refractivity (Wildman–Crippen MR) is 135 cm³/mol. The van der Waals surface area contributed by atoms with E-state index in [1.165, 1.54) is 51.4 Å². The Hall–Kier alpha value is -3.42. The molecular weight excluding hydrogens is 461 g/mol. The molecule has 3 aromatic rings. The Morgan fingerprint density at radius 2 is 1.51 bits per heavy atom. The molecule has 0 bridgehead atoms. The van der Waals surface area contributed by atoms with Gasteiger partial charge in [-0.1, -0.05) is 59.8 Å². The number of imide groups is 1. The van der Waals surface area contributed by atoms with Gasteiger partial charge in [0.2, 0.25) is 0 Å². The summed E-state index contributed by atoms with van der Waals surface area (Å²) in [5.41, 5.74) is 3.25. The summed E-state index contributed by atoms with van der Waals surface area (Å²) in [6, 6.07) is 23.8. The lowest BCUT2D eigenvalue weighted by Crippen LogP contribution is -3.13. The summed E-state index contributed by atoms with van der Waals surface area (Å²) >= 11 is 1.32. The average molecular weight is 489 g/mol. The van der Waals surface area contributed by atoms with E-state index in [0.29, 0.717) is 29.4 Å². The largest absolute Gasteiger partial charge is 0.355 e. The van der Waals surface area contributed by atoms with Gasteiger partial charge in [-0.3, -0.25) is 9.59 Å². The van der Waals surface area contributed by atoms with Crippen molar-refractivity contribution in [2.45, 2.75) is 18.4 Å². The SMILES string of the molecule is Cc1ccc(SC2=C(N3CC[NH+](Cc4ccccc4)CC3)C(=O)N(c3ccc(F)cc3)C2=O)cc1. The number of benzene rings is 3. The molecule has 2 heterocycles. The summed E-state index contributed by atoms with van der Waals surface area (Å²) in [5, 5.41) is 0. The minimum Gasteiger partial charge on any atom is -0.355 e. The third kappa shape index (κ3) is 5.01. The molecule has 0 aliphatic carbocycles. The van der Waals surface area contributed by atoms with E-state index in [9.17, 15) is 14.0 Å². The number of quaternary nitrogens is 1. The van der Waals surface area contributed by atoms with E-state index in [1.54, 1.807) is 0 Å². The third-order valence-electron chi connectivity index (χ3n) is 6.43. The highest BCUT2D eigenvalue weighted by Crippen LogP contribution is 2.38. The molecule has 5 rings (SSSR count). The van der Waals surface area contributed by atoms with E-state index in [2.05, 4.69) is 29.2 Å². The highest BCUT2D eigenvalue weighted by molar-refractivity contribution is 8.04. The van der Waals surface area contributed by atoms with Crippen LogP contribution in [-0.2, 0) is 16.1 Å². The van der Waals surface area contributed by atoms with E-state index in [4.69, 9.17) is 0 Å². The minimum absolute atomic E-state index is 0.345. The molecule has 1 saturated heterocycles. The fourth-order valence-corrected chi connectivity index (χ4v) is 5.53. The molecule has 2 aliphatic heterocycles. The number of carbonyl (C=O) groups is 2. The molecule has 0 spiro atoms. The van der Waals surface area contributed by atoms with Crippen LogP contribution in [0, 0.1) is 12.7 Å². The maximum absolute atomic E-state index is 13.6. The zero-order valence-electron chi connectivity index (χ0n) is 19.5. The molecule has 35 heavy (non-hydrogen) atoms. The topological polar surface area (TPSA) is 45.1 Å². The molecule has 0 atom stereocenters. The molecular formula is C28H27FN3O2S+. The smallest absolute Gasteiger partial charge is 0.283 e. The number of nitrogens with zero attached hydrogens (tertiary/aromatic N) is 2. The van der Waals surface area contributed by atoms with Crippen molar-refractivity contribution >= 4 is 29.3 Å². The Labute approximate surface area is 208 Å². The van der Waals surface area contributed by atoms with E-state index < -0.39 is 5.82 Å². The number of carbonyl (C=O) groups excluding carboxylic acids is 2. The lowest BCUT2D eigenvalue weighted by Gasteiger charge is -2.34. The van der Waals surface area contributed by atoms with Gasteiger partial charge < -0.3 is 9.80 Å². The van der Waals surface area contributed by atoms with E-state index in [-0.39, 0.29) is 11.8 Å². The number of halogens is 1. The molecule has 178 valence electrons. The maximum atomic E-state index is 13.6. The third-order valence-corrected chi connectivity index (χ3v) is 7.51. The minimum atomic E-state index is -0.409. The van der Waals surface area contributed by atoms with Gasteiger partial charge in [-0.2, -0.15) is 0 Å². The lowest BCUT2D eigenvalue weighted by molar-refractivity contribution is -0.917. The highest BCUT2D eigenvalue weighted by Gasteiger charge is 2.43. The number of aryl methyl sites for hydroxylation is 1. The van der Waals surface area contributed by atoms with Crippen molar-refractivity contribution in [3.05, 3.63) is 106 Å². The van der Waals surface area contributed by atoms with Gasteiger partial charge >= 0.3 is 0 Å². The van der Waals surface area contributed by atoms with Crippen LogP contribution in [0.25, 0.3) is 0 Å². The van der Waals surface area contributed by atoms with Crippen molar-refractivity contribution in [2.75, 3.05) is 31.1 Å². The van der Waals surface area contributed by atoms with Crippen molar-refractivity contribution in [1.82, 2.24) is 4.90 Å². The van der Waals surface area contributed by atoms with Gasteiger partial charge in [0.15, 0.2) is 0 Å². The zero-order chi connectivity index (χ0) is 24.4. The van der Waals surface area contributed by atoms with Crippen molar-refractivity contribution in [1.29, 1.82) is 0 Å². The molecule has 0 radical (unpaired) electrons. The van der Waals surface area contributed by atoms with Gasteiger partial charge in [0.25, 0.3) is 11.8 Å². The second-order valence-corrected chi connectivity index (χ2v) is 10.00. The van der Waals surface area contributed by atoms with Crippen molar-refractivity contribution in [2.24, 2.45) is 0 Å². The van der Waals surface area contributed by atoms with Crippen molar-refractivity contribution < 1.29 is 18.9 Å². The average Bonchev–Trinajstić information content (AvgIpc) is 3.11. The van der Waals surface area contributed by atoms with Crippen LogP contribution in [0.15, 0.2) is 94.4 Å².